The highest BCUT2D eigenvalue weighted by molar-refractivity contribution is 5.33. The van der Waals surface area contributed by atoms with E-state index in [0.717, 1.165) is 12.1 Å². The second-order valence-corrected chi connectivity index (χ2v) is 3.55. The SMILES string of the molecule is CCN(CCO)Cc1cc(F)cc(C#N)c1. The summed E-state index contributed by atoms with van der Waals surface area (Å²) in [6.45, 7) is 3.92. The molecular formula is C12H15FN2O. The molecule has 0 bridgehead atoms. The van der Waals surface area contributed by atoms with E-state index in [4.69, 9.17) is 10.4 Å². The number of aliphatic hydroxyl groups is 1. The van der Waals surface area contributed by atoms with Crippen LogP contribution < -0.4 is 0 Å². The molecule has 16 heavy (non-hydrogen) atoms. The Morgan fingerprint density at radius 2 is 2.19 bits per heavy atom. The van der Waals surface area contributed by atoms with Gasteiger partial charge in [-0.25, -0.2) is 4.39 Å². The van der Waals surface area contributed by atoms with Crippen LogP contribution in [0.4, 0.5) is 4.39 Å². The number of halogens is 1. The zero-order chi connectivity index (χ0) is 12.0. The molecule has 1 aromatic rings. The van der Waals surface area contributed by atoms with Gasteiger partial charge in [-0.2, -0.15) is 5.26 Å². The van der Waals surface area contributed by atoms with E-state index in [1.807, 2.05) is 17.9 Å². The monoisotopic (exact) mass is 222 g/mol. The smallest absolute Gasteiger partial charge is 0.124 e. The van der Waals surface area contributed by atoms with Gasteiger partial charge in [0.1, 0.15) is 5.82 Å². The lowest BCUT2D eigenvalue weighted by Crippen LogP contribution is -2.26. The van der Waals surface area contributed by atoms with Crippen LogP contribution >= 0.6 is 0 Å². The van der Waals surface area contributed by atoms with Crippen LogP contribution in [0.1, 0.15) is 18.1 Å². The van der Waals surface area contributed by atoms with Crippen molar-refractivity contribution in [3.05, 3.63) is 35.1 Å². The van der Waals surface area contributed by atoms with Gasteiger partial charge in [0.05, 0.1) is 18.2 Å². The summed E-state index contributed by atoms with van der Waals surface area (Å²) in [7, 11) is 0. The number of nitrogens with zero attached hydrogens (tertiary/aromatic N) is 2. The van der Waals surface area contributed by atoms with Gasteiger partial charge in [-0.3, -0.25) is 4.90 Å². The molecule has 0 atom stereocenters. The highest BCUT2D eigenvalue weighted by Crippen LogP contribution is 2.10. The number of nitriles is 1. The Morgan fingerprint density at radius 3 is 2.75 bits per heavy atom. The third-order valence-corrected chi connectivity index (χ3v) is 2.36. The molecule has 0 saturated carbocycles. The van der Waals surface area contributed by atoms with Crippen molar-refractivity contribution < 1.29 is 9.50 Å². The average molecular weight is 222 g/mol. The summed E-state index contributed by atoms with van der Waals surface area (Å²) >= 11 is 0. The van der Waals surface area contributed by atoms with Crippen molar-refractivity contribution in [1.29, 1.82) is 5.26 Å². The summed E-state index contributed by atoms with van der Waals surface area (Å²) in [5.41, 5.74) is 1.09. The standard InChI is InChI=1S/C12H15FN2O/c1-2-15(3-4-16)9-11-5-10(8-14)6-12(13)7-11/h5-7,16H,2-4,9H2,1H3. The molecule has 86 valence electrons. The number of hydrogen-bond donors (Lipinski definition) is 1. The molecule has 0 fully saturated rings. The van der Waals surface area contributed by atoms with Crippen LogP contribution in [0.25, 0.3) is 0 Å². The molecule has 1 aromatic carbocycles. The maximum absolute atomic E-state index is 13.1. The summed E-state index contributed by atoms with van der Waals surface area (Å²) in [5.74, 6) is -0.394. The summed E-state index contributed by atoms with van der Waals surface area (Å²) < 4.78 is 13.1. The predicted molar refractivity (Wildman–Crippen MR) is 59.2 cm³/mol. The van der Waals surface area contributed by atoms with Gasteiger partial charge in [-0.1, -0.05) is 6.92 Å². The van der Waals surface area contributed by atoms with E-state index in [2.05, 4.69) is 0 Å². The normalized spacial score (nSPS) is 10.4. The van der Waals surface area contributed by atoms with Gasteiger partial charge in [-0.05, 0) is 30.3 Å². The number of benzene rings is 1. The van der Waals surface area contributed by atoms with Gasteiger partial charge >= 0.3 is 0 Å². The second-order valence-electron chi connectivity index (χ2n) is 3.55. The highest BCUT2D eigenvalue weighted by Gasteiger charge is 2.05. The van der Waals surface area contributed by atoms with Crippen LogP contribution in [0, 0.1) is 17.1 Å². The molecule has 1 rings (SSSR count). The Labute approximate surface area is 94.7 Å². The van der Waals surface area contributed by atoms with Crippen molar-refractivity contribution in [3.63, 3.8) is 0 Å². The molecule has 1 N–H and O–H groups in total. The predicted octanol–water partition coefficient (Wildman–Crippen LogP) is 1.51. The molecule has 0 spiro atoms. The van der Waals surface area contributed by atoms with E-state index < -0.39 is 5.82 Å². The fraction of sp³-hybridized carbons (Fsp3) is 0.417. The van der Waals surface area contributed by atoms with Crippen LogP contribution in [-0.4, -0.2) is 29.7 Å². The first-order chi connectivity index (χ1) is 7.69. The molecule has 0 amide bonds. The zero-order valence-corrected chi connectivity index (χ0v) is 9.28. The summed E-state index contributed by atoms with van der Waals surface area (Å²) in [6, 6.07) is 6.22. The van der Waals surface area contributed by atoms with E-state index in [-0.39, 0.29) is 6.61 Å². The van der Waals surface area contributed by atoms with E-state index in [0.29, 0.717) is 18.7 Å². The molecule has 0 aliphatic carbocycles. The van der Waals surface area contributed by atoms with E-state index in [9.17, 15) is 4.39 Å². The third kappa shape index (κ3) is 3.61. The lowest BCUT2D eigenvalue weighted by atomic mass is 10.1. The van der Waals surface area contributed by atoms with Gasteiger partial charge in [-0.15, -0.1) is 0 Å². The minimum atomic E-state index is -0.394. The number of likely N-dealkylation sites (N-methyl/N-ethyl adjacent to an activating group) is 1. The Balaban J connectivity index is 2.80. The maximum atomic E-state index is 13.1. The lowest BCUT2D eigenvalue weighted by molar-refractivity contribution is 0.196. The Morgan fingerprint density at radius 1 is 1.44 bits per heavy atom. The van der Waals surface area contributed by atoms with E-state index >= 15 is 0 Å². The molecule has 0 aliphatic rings. The molecular weight excluding hydrogens is 207 g/mol. The first-order valence-electron chi connectivity index (χ1n) is 5.22. The van der Waals surface area contributed by atoms with Gasteiger partial charge in [0.15, 0.2) is 0 Å². The van der Waals surface area contributed by atoms with Gasteiger partial charge in [0.25, 0.3) is 0 Å². The van der Waals surface area contributed by atoms with Crippen molar-refractivity contribution >= 4 is 0 Å². The molecule has 3 nitrogen and oxygen atoms in total. The molecule has 0 radical (unpaired) electrons. The number of aliphatic hydroxyl groups excluding tert-OH is 1. The van der Waals surface area contributed by atoms with Crippen molar-refractivity contribution in [2.45, 2.75) is 13.5 Å². The molecule has 0 saturated heterocycles. The fourth-order valence-corrected chi connectivity index (χ4v) is 1.55. The second kappa shape index (κ2) is 6.21. The quantitative estimate of drug-likeness (QED) is 0.821. The lowest BCUT2D eigenvalue weighted by Gasteiger charge is -2.19. The minimum absolute atomic E-state index is 0.0776. The van der Waals surface area contributed by atoms with Crippen molar-refractivity contribution in [2.24, 2.45) is 0 Å². The summed E-state index contributed by atoms with van der Waals surface area (Å²) in [4.78, 5) is 1.98. The molecule has 4 heteroatoms. The van der Waals surface area contributed by atoms with E-state index in [1.165, 1.54) is 12.1 Å². The number of rotatable bonds is 5. The van der Waals surface area contributed by atoms with Crippen LogP contribution in [0.2, 0.25) is 0 Å². The number of hydrogen-bond acceptors (Lipinski definition) is 3. The summed E-state index contributed by atoms with van der Waals surface area (Å²) in [6.07, 6.45) is 0. The first kappa shape index (κ1) is 12.6. The molecule has 0 aromatic heterocycles. The molecule has 0 aliphatic heterocycles. The first-order valence-corrected chi connectivity index (χ1v) is 5.22. The minimum Gasteiger partial charge on any atom is -0.395 e. The van der Waals surface area contributed by atoms with Crippen LogP contribution in [-0.2, 0) is 6.54 Å². The van der Waals surface area contributed by atoms with Crippen LogP contribution in [0.15, 0.2) is 18.2 Å². The fourth-order valence-electron chi connectivity index (χ4n) is 1.55. The van der Waals surface area contributed by atoms with Crippen LogP contribution in [0.3, 0.4) is 0 Å². The van der Waals surface area contributed by atoms with E-state index in [1.54, 1.807) is 6.07 Å². The summed E-state index contributed by atoms with van der Waals surface area (Å²) in [5, 5.41) is 17.5. The van der Waals surface area contributed by atoms with Crippen molar-refractivity contribution in [1.82, 2.24) is 4.90 Å². The average Bonchev–Trinajstić information content (AvgIpc) is 2.27. The Bertz CT molecular complexity index is 387. The maximum Gasteiger partial charge on any atom is 0.124 e. The van der Waals surface area contributed by atoms with Crippen LogP contribution in [0.5, 0.6) is 0 Å². The zero-order valence-electron chi connectivity index (χ0n) is 9.28. The van der Waals surface area contributed by atoms with Gasteiger partial charge in [0, 0.05) is 13.1 Å². The molecule has 0 heterocycles. The Hall–Kier alpha value is -1.44. The highest BCUT2D eigenvalue weighted by atomic mass is 19.1. The van der Waals surface area contributed by atoms with Gasteiger partial charge in [0.2, 0.25) is 0 Å². The Kier molecular flexibility index (Phi) is 4.90. The van der Waals surface area contributed by atoms with Gasteiger partial charge < -0.3 is 5.11 Å². The van der Waals surface area contributed by atoms with Crippen molar-refractivity contribution in [2.75, 3.05) is 19.7 Å². The molecule has 0 unspecified atom stereocenters. The largest absolute Gasteiger partial charge is 0.395 e. The van der Waals surface area contributed by atoms with Crippen molar-refractivity contribution in [3.8, 4) is 6.07 Å². The third-order valence-electron chi connectivity index (χ3n) is 2.36. The topological polar surface area (TPSA) is 47.3 Å².